The minimum atomic E-state index is -0.201. The van der Waals surface area contributed by atoms with Crippen molar-refractivity contribution in [1.29, 1.82) is 0 Å². The van der Waals surface area contributed by atoms with Crippen LogP contribution < -0.4 is 14.2 Å². The van der Waals surface area contributed by atoms with E-state index in [0.717, 1.165) is 0 Å². The van der Waals surface area contributed by atoms with Gasteiger partial charge < -0.3 is 14.2 Å². The van der Waals surface area contributed by atoms with E-state index in [1.54, 1.807) is 12.1 Å². The van der Waals surface area contributed by atoms with Gasteiger partial charge in [0.2, 0.25) is 5.75 Å². The number of ketones is 1. The molecule has 0 radical (unpaired) electrons. The van der Waals surface area contributed by atoms with Gasteiger partial charge in [-0.15, -0.1) is 0 Å². The Balaban J connectivity index is 3.38. The van der Waals surface area contributed by atoms with Gasteiger partial charge >= 0.3 is 0 Å². The van der Waals surface area contributed by atoms with Crippen LogP contribution in [0.2, 0.25) is 0 Å². The van der Waals surface area contributed by atoms with Crippen LogP contribution in [0.25, 0.3) is 0 Å². The van der Waals surface area contributed by atoms with E-state index >= 15 is 0 Å². The van der Waals surface area contributed by atoms with Crippen molar-refractivity contribution in [3.05, 3.63) is 30.4 Å². The Morgan fingerprint density at radius 2 is 1.63 bits per heavy atom. The number of allylic oxidation sites excluding steroid dienone is 1. The molecule has 0 atom stereocenters. The highest BCUT2D eigenvalue weighted by molar-refractivity contribution is 6.07. The van der Waals surface area contributed by atoms with Crippen LogP contribution in [-0.4, -0.2) is 25.6 Å². The van der Waals surface area contributed by atoms with Crippen LogP contribution in [0.4, 0.5) is 0 Å². The topological polar surface area (TPSA) is 44.8 Å². The first-order valence-electron chi connectivity index (χ1n) is 6.41. The number of rotatable bonds is 8. The largest absolute Gasteiger partial charge is 0.490 e. The standard InChI is InChI=1S/C15H20O4/c1-5-12(16)11-9-10-13(17-6-2)15(19-8-4)14(11)18-7-3/h5,9-10H,1,6-8H2,2-4H3. The second kappa shape index (κ2) is 7.46. The van der Waals surface area contributed by atoms with E-state index in [4.69, 9.17) is 14.2 Å². The monoisotopic (exact) mass is 264 g/mol. The van der Waals surface area contributed by atoms with Crippen molar-refractivity contribution in [1.82, 2.24) is 0 Å². The predicted octanol–water partition coefficient (Wildman–Crippen LogP) is 3.25. The lowest BCUT2D eigenvalue weighted by Gasteiger charge is -2.17. The second-order valence-electron chi connectivity index (χ2n) is 3.64. The van der Waals surface area contributed by atoms with Gasteiger partial charge in [0.05, 0.1) is 25.4 Å². The normalized spacial score (nSPS) is 9.84. The van der Waals surface area contributed by atoms with Crippen molar-refractivity contribution in [2.45, 2.75) is 20.8 Å². The summed E-state index contributed by atoms with van der Waals surface area (Å²) < 4.78 is 16.6. The Labute approximate surface area is 114 Å². The Hall–Kier alpha value is -1.97. The molecule has 4 nitrogen and oxygen atoms in total. The van der Waals surface area contributed by atoms with E-state index in [2.05, 4.69) is 6.58 Å². The number of ether oxygens (including phenoxy) is 3. The van der Waals surface area contributed by atoms with E-state index < -0.39 is 0 Å². The van der Waals surface area contributed by atoms with Crippen molar-refractivity contribution < 1.29 is 19.0 Å². The van der Waals surface area contributed by atoms with Crippen LogP contribution in [0, 0.1) is 0 Å². The third-order valence-electron chi connectivity index (χ3n) is 2.40. The second-order valence-corrected chi connectivity index (χ2v) is 3.64. The van der Waals surface area contributed by atoms with Crippen molar-refractivity contribution in [2.75, 3.05) is 19.8 Å². The quantitative estimate of drug-likeness (QED) is 0.534. The maximum Gasteiger partial charge on any atom is 0.204 e. The van der Waals surface area contributed by atoms with Crippen LogP contribution in [0.15, 0.2) is 24.8 Å². The molecule has 0 aromatic heterocycles. The molecular formula is C15H20O4. The van der Waals surface area contributed by atoms with Crippen LogP contribution in [-0.2, 0) is 0 Å². The van der Waals surface area contributed by atoms with E-state index in [1.165, 1.54) is 6.08 Å². The Morgan fingerprint density at radius 1 is 1.05 bits per heavy atom. The first-order chi connectivity index (χ1) is 9.19. The molecule has 0 heterocycles. The summed E-state index contributed by atoms with van der Waals surface area (Å²) in [6.45, 7) is 10.5. The minimum Gasteiger partial charge on any atom is -0.490 e. The average Bonchev–Trinajstić information content (AvgIpc) is 2.42. The molecule has 0 bridgehead atoms. The van der Waals surface area contributed by atoms with Gasteiger partial charge in [0.15, 0.2) is 17.3 Å². The zero-order chi connectivity index (χ0) is 14.3. The highest BCUT2D eigenvalue weighted by atomic mass is 16.5. The highest BCUT2D eigenvalue weighted by Crippen LogP contribution is 2.40. The van der Waals surface area contributed by atoms with Gasteiger partial charge in [-0.1, -0.05) is 6.58 Å². The molecule has 0 saturated heterocycles. The molecule has 0 aliphatic carbocycles. The fourth-order valence-corrected chi connectivity index (χ4v) is 1.69. The summed E-state index contributed by atoms with van der Waals surface area (Å²) in [7, 11) is 0. The molecule has 1 aromatic carbocycles. The zero-order valence-corrected chi connectivity index (χ0v) is 11.7. The Morgan fingerprint density at radius 3 is 2.16 bits per heavy atom. The van der Waals surface area contributed by atoms with E-state index in [-0.39, 0.29) is 5.78 Å². The molecule has 104 valence electrons. The number of carbonyl (C=O) groups is 1. The van der Waals surface area contributed by atoms with Crippen molar-refractivity contribution in [3.63, 3.8) is 0 Å². The number of hydrogen-bond acceptors (Lipinski definition) is 4. The molecule has 0 aliphatic rings. The van der Waals surface area contributed by atoms with Crippen LogP contribution in [0.5, 0.6) is 17.2 Å². The number of carbonyl (C=O) groups excluding carboxylic acids is 1. The Kier molecular flexibility index (Phi) is 5.93. The van der Waals surface area contributed by atoms with Gasteiger partial charge in [-0.2, -0.15) is 0 Å². The van der Waals surface area contributed by atoms with Gasteiger partial charge in [0.1, 0.15) is 0 Å². The van der Waals surface area contributed by atoms with Gasteiger partial charge in [0, 0.05) is 0 Å². The smallest absolute Gasteiger partial charge is 0.204 e. The molecule has 1 aromatic rings. The summed E-state index contributed by atoms with van der Waals surface area (Å²) in [5.74, 6) is 1.26. The molecule has 1 rings (SSSR count). The fraction of sp³-hybridized carbons (Fsp3) is 0.400. The molecule has 0 unspecified atom stereocenters. The summed E-state index contributed by atoms with van der Waals surface area (Å²) in [5.41, 5.74) is 0.434. The van der Waals surface area contributed by atoms with Gasteiger partial charge in [-0.3, -0.25) is 4.79 Å². The Bertz CT molecular complexity index is 452. The van der Waals surface area contributed by atoms with E-state index in [9.17, 15) is 4.79 Å². The molecule has 19 heavy (non-hydrogen) atoms. The van der Waals surface area contributed by atoms with Gasteiger partial charge in [-0.25, -0.2) is 0 Å². The average molecular weight is 264 g/mol. The third kappa shape index (κ3) is 3.50. The van der Waals surface area contributed by atoms with Gasteiger partial charge in [0.25, 0.3) is 0 Å². The van der Waals surface area contributed by atoms with Gasteiger partial charge in [-0.05, 0) is 39.0 Å². The summed E-state index contributed by atoms with van der Waals surface area (Å²) in [6, 6.07) is 3.39. The zero-order valence-electron chi connectivity index (χ0n) is 11.7. The summed E-state index contributed by atoms with van der Waals surface area (Å²) in [4.78, 5) is 11.8. The molecule has 0 N–H and O–H groups in total. The SMILES string of the molecule is C=CC(=O)c1ccc(OCC)c(OCC)c1OCC. The first-order valence-corrected chi connectivity index (χ1v) is 6.41. The van der Waals surface area contributed by atoms with Crippen molar-refractivity contribution in [2.24, 2.45) is 0 Å². The summed E-state index contributed by atoms with van der Waals surface area (Å²) in [6.07, 6.45) is 1.26. The molecule has 4 heteroatoms. The van der Waals surface area contributed by atoms with Crippen LogP contribution in [0.3, 0.4) is 0 Å². The fourth-order valence-electron chi connectivity index (χ4n) is 1.69. The van der Waals surface area contributed by atoms with E-state index in [0.29, 0.717) is 42.6 Å². The predicted molar refractivity (Wildman–Crippen MR) is 74.5 cm³/mol. The lowest BCUT2D eigenvalue weighted by atomic mass is 10.1. The molecule has 0 amide bonds. The molecule has 0 spiro atoms. The molecule has 0 aliphatic heterocycles. The van der Waals surface area contributed by atoms with E-state index in [1.807, 2.05) is 20.8 Å². The molecule has 0 saturated carbocycles. The lowest BCUT2D eigenvalue weighted by Crippen LogP contribution is -2.07. The summed E-state index contributed by atoms with van der Waals surface area (Å²) in [5, 5.41) is 0. The van der Waals surface area contributed by atoms with Crippen molar-refractivity contribution >= 4 is 5.78 Å². The molecular weight excluding hydrogens is 244 g/mol. The molecule has 0 fully saturated rings. The minimum absolute atomic E-state index is 0.201. The maximum absolute atomic E-state index is 11.8. The van der Waals surface area contributed by atoms with Crippen LogP contribution >= 0.6 is 0 Å². The van der Waals surface area contributed by atoms with Crippen molar-refractivity contribution in [3.8, 4) is 17.2 Å². The number of hydrogen-bond donors (Lipinski definition) is 0. The lowest BCUT2D eigenvalue weighted by molar-refractivity contribution is 0.104. The third-order valence-corrected chi connectivity index (χ3v) is 2.40. The summed E-state index contributed by atoms with van der Waals surface area (Å²) >= 11 is 0. The number of benzene rings is 1. The maximum atomic E-state index is 11.8. The van der Waals surface area contributed by atoms with Crippen LogP contribution in [0.1, 0.15) is 31.1 Å². The first kappa shape index (κ1) is 15.1. The highest BCUT2D eigenvalue weighted by Gasteiger charge is 2.20.